The van der Waals surface area contributed by atoms with Crippen LogP contribution < -0.4 is 5.32 Å². The minimum absolute atomic E-state index is 0.0532. The summed E-state index contributed by atoms with van der Waals surface area (Å²) in [5.41, 5.74) is 2.11. The fraction of sp³-hybridized carbons (Fsp3) is 0.412. The summed E-state index contributed by atoms with van der Waals surface area (Å²) in [4.78, 5) is 13.4. The summed E-state index contributed by atoms with van der Waals surface area (Å²) < 4.78 is 1.91. The molecule has 116 valence electrons. The predicted molar refractivity (Wildman–Crippen MR) is 90.5 cm³/mol. The highest BCUT2D eigenvalue weighted by Crippen LogP contribution is 2.39. The maximum atomic E-state index is 12.2. The first-order valence-electron chi connectivity index (χ1n) is 7.42. The number of aromatic nitrogens is 2. The van der Waals surface area contributed by atoms with Gasteiger partial charge >= 0.3 is 0 Å². The molecule has 1 N–H and O–H groups in total. The lowest BCUT2D eigenvalue weighted by Gasteiger charge is -2.28. The minimum atomic E-state index is -0.161. The summed E-state index contributed by atoms with van der Waals surface area (Å²) in [5, 5.41) is 7.51. The smallest absolute Gasteiger partial charge is 0.226 e. The van der Waals surface area contributed by atoms with Crippen molar-refractivity contribution < 1.29 is 4.79 Å². The van der Waals surface area contributed by atoms with E-state index in [1.807, 2.05) is 10.9 Å². The van der Waals surface area contributed by atoms with Gasteiger partial charge in [0.05, 0.1) is 11.7 Å². The molecular weight excluding hydrogens is 294 g/mol. The SMILES string of the molecule is CSc1ccc([C@H]2CC(=O)Nc3c2cnn3C(C)(C)C)cc1. The number of nitrogens with zero attached hydrogens (tertiary/aromatic N) is 2. The second-order valence-corrected chi connectivity index (χ2v) is 7.49. The lowest BCUT2D eigenvalue weighted by Crippen LogP contribution is -2.30. The Morgan fingerprint density at radius 3 is 2.55 bits per heavy atom. The Morgan fingerprint density at radius 2 is 1.95 bits per heavy atom. The number of carbonyl (C=O) groups is 1. The van der Waals surface area contributed by atoms with Crippen LogP contribution in [0.15, 0.2) is 35.4 Å². The molecule has 0 fully saturated rings. The van der Waals surface area contributed by atoms with E-state index in [0.717, 1.165) is 11.4 Å². The number of benzene rings is 1. The summed E-state index contributed by atoms with van der Waals surface area (Å²) in [7, 11) is 0. The van der Waals surface area contributed by atoms with Crippen molar-refractivity contribution in [3.05, 3.63) is 41.6 Å². The van der Waals surface area contributed by atoms with Crippen molar-refractivity contribution >= 4 is 23.5 Å². The summed E-state index contributed by atoms with van der Waals surface area (Å²) in [5.74, 6) is 0.968. The number of nitrogens with one attached hydrogen (secondary N) is 1. The van der Waals surface area contributed by atoms with Gasteiger partial charge in [-0.1, -0.05) is 12.1 Å². The molecule has 1 atom stereocenters. The van der Waals surface area contributed by atoms with E-state index in [2.05, 4.69) is 61.7 Å². The molecule has 1 aromatic heterocycles. The van der Waals surface area contributed by atoms with Crippen LogP contribution in [0.1, 0.15) is 44.2 Å². The lowest BCUT2D eigenvalue weighted by atomic mass is 9.87. The minimum Gasteiger partial charge on any atom is -0.311 e. The molecular formula is C17H21N3OS. The third-order valence-electron chi connectivity index (χ3n) is 3.97. The van der Waals surface area contributed by atoms with E-state index in [4.69, 9.17) is 0 Å². The zero-order valence-electron chi connectivity index (χ0n) is 13.4. The number of amides is 1. The van der Waals surface area contributed by atoms with E-state index in [0.29, 0.717) is 6.42 Å². The zero-order valence-corrected chi connectivity index (χ0v) is 14.2. The highest BCUT2D eigenvalue weighted by atomic mass is 32.2. The van der Waals surface area contributed by atoms with E-state index in [9.17, 15) is 4.79 Å². The monoisotopic (exact) mass is 315 g/mol. The summed E-state index contributed by atoms with van der Waals surface area (Å²) in [6.45, 7) is 6.26. The molecule has 0 saturated heterocycles. The van der Waals surface area contributed by atoms with Crippen LogP contribution in [0.2, 0.25) is 0 Å². The Balaban J connectivity index is 2.04. The third kappa shape index (κ3) is 2.65. The van der Waals surface area contributed by atoms with Crippen LogP contribution in [-0.4, -0.2) is 21.9 Å². The van der Waals surface area contributed by atoms with E-state index in [-0.39, 0.29) is 17.4 Å². The Kier molecular flexibility index (Phi) is 3.77. The maximum Gasteiger partial charge on any atom is 0.226 e. The number of hydrogen-bond acceptors (Lipinski definition) is 3. The van der Waals surface area contributed by atoms with Gasteiger partial charge < -0.3 is 5.32 Å². The van der Waals surface area contributed by atoms with Gasteiger partial charge in [-0.05, 0) is 44.7 Å². The maximum absolute atomic E-state index is 12.2. The molecule has 0 unspecified atom stereocenters. The quantitative estimate of drug-likeness (QED) is 0.857. The molecule has 1 aliphatic heterocycles. The molecule has 0 spiro atoms. The molecule has 4 nitrogen and oxygen atoms in total. The average Bonchev–Trinajstić information content (AvgIpc) is 2.90. The number of fused-ring (bicyclic) bond motifs is 1. The summed E-state index contributed by atoms with van der Waals surface area (Å²) in [6.07, 6.45) is 4.43. The largest absolute Gasteiger partial charge is 0.311 e. The molecule has 1 aromatic carbocycles. The molecule has 22 heavy (non-hydrogen) atoms. The van der Waals surface area contributed by atoms with E-state index in [1.54, 1.807) is 11.8 Å². The van der Waals surface area contributed by atoms with E-state index < -0.39 is 0 Å². The topological polar surface area (TPSA) is 46.9 Å². The first-order valence-corrected chi connectivity index (χ1v) is 8.65. The van der Waals surface area contributed by atoms with Gasteiger partial charge in [0.2, 0.25) is 5.91 Å². The lowest BCUT2D eigenvalue weighted by molar-refractivity contribution is -0.116. The van der Waals surface area contributed by atoms with Crippen molar-refractivity contribution in [2.45, 2.75) is 43.5 Å². The number of rotatable bonds is 2. The highest BCUT2D eigenvalue weighted by molar-refractivity contribution is 7.98. The van der Waals surface area contributed by atoms with Gasteiger partial charge in [0.15, 0.2) is 0 Å². The second-order valence-electron chi connectivity index (χ2n) is 6.61. The third-order valence-corrected chi connectivity index (χ3v) is 4.72. The first-order chi connectivity index (χ1) is 10.4. The molecule has 2 heterocycles. The van der Waals surface area contributed by atoms with Gasteiger partial charge in [-0.15, -0.1) is 11.8 Å². The number of thioether (sulfide) groups is 1. The molecule has 0 radical (unpaired) electrons. The van der Waals surface area contributed by atoms with Crippen LogP contribution in [0, 0.1) is 0 Å². The molecule has 2 aromatic rings. The van der Waals surface area contributed by atoms with Crippen LogP contribution in [0.25, 0.3) is 0 Å². The summed E-state index contributed by atoms with van der Waals surface area (Å²) in [6, 6.07) is 8.46. The van der Waals surface area contributed by atoms with Gasteiger partial charge in [-0.25, -0.2) is 4.68 Å². The van der Waals surface area contributed by atoms with Crippen LogP contribution in [-0.2, 0) is 10.3 Å². The first kappa shape index (κ1) is 15.2. The number of hydrogen-bond donors (Lipinski definition) is 1. The van der Waals surface area contributed by atoms with E-state index >= 15 is 0 Å². The van der Waals surface area contributed by atoms with Crippen LogP contribution in [0.3, 0.4) is 0 Å². The Hall–Kier alpha value is -1.75. The van der Waals surface area contributed by atoms with Crippen molar-refractivity contribution in [2.24, 2.45) is 0 Å². The van der Waals surface area contributed by atoms with Gasteiger partial charge in [0, 0.05) is 22.8 Å². The van der Waals surface area contributed by atoms with Crippen molar-refractivity contribution in [1.82, 2.24) is 9.78 Å². The van der Waals surface area contributed by atoms with Crippen LogP contribution in [0.5, 0.6) is 0 Å². The van der Waals surface area contributed by atoms with Gasteiger partial charge in [-0.3, -0.25) is 4.79 Å². The standard InChI is InChI=1S/C17H21N3OS/c1-17(2,3)20-16-14(10-18-20)13(9-15(21)19-16)11-5-7-12(22-4)8-6-11/h5-8,10,13H,9H2,1-4H3,(H,19,21)/t13-/m1/s1. The Bertz CT molecular complexity index is 698. The summed E-state index contributed by atoms with van der Waals surface area (Å²) >= 11 is 1.72. The average molecular weight is 315 g/mol. The van der Waals surface area contributed by atoms with Crippen molar-refractivity contribution in [2.75, 3.05) is 11.6 Å². The number of anilines is 1. The molecule has 1 amide bonds. The van der Waals surface area contributed by atoms with Crippen molar-refractivity contribution in [3.8, 4) is 0 Å². The van der Waals surface area contributed by atoms with Gasteiger partial charge in [0.25, 0.3) is 0 Å². The van der Waals surface area contributed by atoms with Crippen LogP contribution >= 0.6 is 11.8 Å². The zero-order chi connectivity index (χ0) is 15.9. The highest BCUT2D eigenvalue weighted by Gasteiger charge is 2.32. The second kappa shape index (κ2) is 5.47. The van der Waals surface area contributed by atoms with E-state index in [1.165, 1.54) is 10.5 Å². The molecule has 0 saturated carbocycles. The predicted octanol–water partition coefficient (Wildman–Crippen LogP) is 3.83. The normalized spacial score (nSPS) is 18.0. The fourth-order valence-electron chi connectivity index (χ4n) is 2.86. The van der Waals surface area contributed by atoms with Crippen LogP contribution in [0.4, 0.5) is 5.82 Å². The Labute approximate surface area is 135 Å². The Morgan fingerprint density at radius 1 is 1.27 bits per heavy atom. The molecule has 0 aliphatic carbocycles. The van der Waals surface area contributed by atoms with Gasteiger partial charge in [-0.2, -0.15) is 5.10 Å². The van der Waals surface area contributed by atoms with Crippen molar-refractivity contribution in [3.63, 3.8) is 0 Å². The molecule has 0 bridgehead atoms. The fourth-order valence-corrected chi connectivity index (χ4v) is 3.27. The van der Waals surface area contributed by atoms with Gasteiger partial charge in [0.1, 0.15) is 5.82 Å². The molecule has 1 aliphatic rings. The van der Waals surface area contributed by atoms with Crippen molar-refractivity contribution in [1.29, 1.82) is 0 Å². The molecule has 5 heteroatoms. The molecule has 3 rings (SSSR count). The number of carbonyl (C=O) groups excluding carboxylic acids is 1.